The molecule has 0 bridgehead atoms. The second-order valence-corrected chi connectivity index (χ2v) is 4.04. The van der Waals surface area contributed by atoms with Gasteiger partial charge in [0.2, 0.25) is 5.89 Å². The molecule has 0 aliphatic carbocycles. The Morgan fingerprint density at radius 3 is 3.00 bits per heavy atom. The quantitative estimate of drug-likeness (QED) is 0.728. The van der Waals surface area contributed by atoms with Crippen molar-refractivity contribution < 1.29 is 18.4 Å². The predicted octanol–water partition coefficient (Wildman–Crippen LogP) is 1.32. The minimum Gasteiger partial charge on any atom is -0.469 e. The van der Waals surface area contributed by atoms with Crippen molar-refractivity contribution in [2.24, 2.45) is 0 Å². The van der Waals surface area contributed by atoms with Gasteiger partial charge in [-0.15, -0.1) is 10.2 Å². The van der Waals surface area contributed by atoms with E-state index in [1.54, 1.807) is 18.4 Å². The summed E-state index contributed by atoms with van der Waals surface area (Å²) < 4.78 is 15.2. The monoisotopic (exact) mass is 265 g/mol. The Morgan fingerprint density at radius 1 is 1.47 bits per heavy atom. The van der Waals surface area contributed by atoms with E-state index in [0.717, 1.165) is 0 Å². The fraction of sp³-hybridized carbons (Fsp3) is 0.417. The molecule has 0 saturated carbocycles. The van der Waals surface area contributed by atoms with Crippen molar-refractivity contribution in [3.63, 3.8) is 0 Å². The lowest BCUT2D eigenvalue weighted by atomic mass is 10.4. The number of esters is 1. The van der Waals surface area contributed by atoms with Gasteiger partial charge in [0.05, 0.1) is 26.3 Å². The normalized spacial score (nSPS) is 10.9. The van der Waals surface area contributed by atoms with Crippen molar-refractivity contribution in [3.05, 3.63) is 24.3 Å². The molecule has 2 aromatic heterocycles. The van der Waals surface area contributed by atoms with Crippen molar-refractivity contribution in [2.45, 2.75) is 13.0 Å². The number of methoxy groups -OCH3 is 1. The van der Waals surface area contributed by atoms with Crippen LogP contribution in [0.25, 0.3) is 11.7 Å². The Kier molecular flexibility index (Phi) is 4.30. The number of carbonyl (C=O) groups excluding carboxylic acids is 1. The highest BCUT2D eigenvalue weighted by atomic mass is 16.5. The number of aromatic nitrogens is 2. The first-order valence-electron chi connectivity index (χ1n) is 5.80. The van der Waals surface area contributed by atoms with Crippen LogP contribution in [0.1, 0.15) is 12.3 Å². The summed E-state index contributed by atoms with van der Waals surface area (Å²) >= 11 is 0. The van der Waals surface area contributed by atoms with Gasteiger partial charge < -0.3 is 13.6 Å². The molecule has 2 rings (SSSR count). The molecule has 2 heterocycles. The number of carbonyl (C=O) groups is 1. The second kappa shape index (κ2) is 6.14. The lowest BCUT2D eigenvalue weighted by molar-refractivity contribution is -0.140. The lowest BCUT2D eigenvalue weighted by Crippen LogP contribution is -2.22. The summed E-state index contributed by atoms with van der Waals surface area (Å²) in [4.78, 5) is 12.9. The van der Waals surface area contributed by atoms with E-state index in [9.17, 15) is 4.79 Å². The summed E-state index contributed by atoms with van der Waals surface area (Å²) in [6.45, 7) is 1.02. The Morgan fingerprint density at radius 2 is 2.32 bits per heavy atom. The van der Waals surface area contributed by atoms with Gasteiger partial charge in [-0.1, -0.05) is 0 Å². The van der Waals surface area contributed by atoms with Gasteiger partial charge in [-0.25, -0.2) is 0 Å². The van der Waals surface area contributed by atoms with Gasteiger partial charge in [0.1, 0.15) is 0 Å². The predicted molar refractivity (Wildman–Crippen MR) is 65.0 cm³/mol. The van der Waals surface area contributed by atoms with Crippen molar-refractivity contribution in [1.29, 1.82) is 0 Å². The van der Waals surface area contributed by atoms with Crippen molar-refractivity contribution in [2.75, 3.05) is 20.7 Å². The highest BCUT2D eigenvalue weighted by Crippen LogP contribution is 2.18. The van der Waals surface area contributed by atoms with Crippen LogP contribution >= 0.6 is 0 Å². The first kappa shape index (κ1) is 13.3. The van der Waals surface area contributed by atoms with Gasteiger partial charge in [-0.05, 0) is 19.2 Å². The maximum atomic E-state index is 11.0. The van der Waals surface area contributed by atoms with Crippen molar-refractivity contribution in [3.8, 4) is 11.7 Å². The van der Waals surface area contributed by atoms with E-state index < -0.39 is 0 Å². The fourth-order valence-corrected chi connectivity index (χ4v) is 1.51. The van der Waals surface area contributed by atoms with E-state index in [2.05, 4.69) is 14.9 Å². The molecule has 0 fully saturated rings. The molecule has 0 atom stereocenters. The van der Waals surface area contributed by atoms with Crippen LogP contribution in [0.5, 0.6) is 0 Å². The standard InChI is InChI=1S/C12H15N3O4/c1-15(6-5-11(16)17-2)8-10-13-14-12(19-10)9-4-3-7-18-9/h3-4,7H,5-6,8H2,1-2H3. The summed E-state index contributed by atoms with van der Waals surface area (Å²) in [5.74, 6) is 1.12. The summed E-state index contributed by atoms with van der Waals surface area (Å²) in [5.41, 5.74) is 0. The molecule has 7 nitrogen and oxygen atoms in total. The van der Waals surface area contributed by atoms with Crippen LogP contribution in [-0.4, -0.2) is 41.8 Å². The minimum atomic E-state index is -0.242. The van der Waals surface area contributed by atoms with Gasteiger partial charge in [0, 0.05) is 6.54 Å². The van der Waals surface area contributed by atoms with Crippen molar-refractivity contribution >= 4 is 5.97 Å². The zero-order chi connectivity index (χ0) is 13.7. The second-order valence-electron chi connectivity index (χ2n) is 4.04. The Labute approximate surface area is 110 Å². The first-order chi connectivity index (χ1) is 9.19. The molecule has 19 heavy (non-hydrogen) atoms. The molecular formula is C12H15N3O4. The lowest BCUT2D eigenvalue weighted by Gasteiger charge is -2.12. The van der Waals surface area contributed by atoms with Crippen LogP contribution in [0.15, 0.2) is 27.2 Å². The van der Waals surface area contributed by atoms with Gasteiger partial charge in [-0.2, -0.15) is 0 Å². The molecule has 0 radical (unpaired) electrons. The Balaban J connectivity index is 1.88. The number of rotatable bonds is 6. The Bertz CT molecular complexity index is 521. The number of nitrogens with zero attached hydrogens (tertiary/aromatic N) is 3. The minimum absolute atomic E-state index is 0.242. The van der Waals surface area contributed by atoms with E-state index in [-0.39, 0.29) is 5.97 Å². The average Bonchev–Trinajstić information content (AvgIpc) is 3.06. The molecule has 0 aliphatic heterocycles. The van der Waals surface area contributed by atoms with E-state index in [4.69, 9.17) is 8.83 Å². The van der Waals surface area contributed by atoms with Crippen LogP contribution in [0.3, 0.4) is 0 Å². The highest BCUT2D eigenvalue weighted by Gasteiger charge is 2.13. The zero-order valence-electron chi connectivity index (χ0n) is 10.8. The van der Waals surface area contributed by atoms with Gasteiger partial charge in [0.15, 0.2) is 5.76 Å². The molecule has 0 unspecified atom stereocenters. The molecule has 0 aromatic carbocycles. The van der Waals surface area contributed by atoms with E-state index in [0.29, 0.717) is 37.1 Å². The van der Waals surface area contributed by atoms with Gasteiger partial charge >= 0.3 is 5.97 Å². The molecular weight excluding hydrogens is 250 g/mol. The zero-order valence-corrected chi connectivity index (χ0v) is 10.8. The molecule has 0 amide bonds. The third kappa shape index (κ3) is 3.65. The topological polar surface area (TPSA) is 81.6 Å². The molecule has 0 N–H and O–H groups in total. The van der Waals surface area contributed by atoms with Crippen molar-refractivity contribution in [1.82, 2.24) is 15.1 Å². The highest BCUT2D eigenvalue weighted by molar-refractivity contribution is 5.69. The summed E-state index contributed by atoms with van der Waals surface area (Å²) in [6, 6.07) is 3.50. The molecule has 2 aromatic rings. The average molecular weight is 265 g/mol. The summed E-state index contributed by atoms with van der Waals surface area (Å²) in [6.07, 6.45) is 1.87. The number of hydrogen-bond donors (Lipinski definition) is 0. The summed E-state index contributed by atoms with van der Waals surface area (Å²) in [7, 11) is 3.23. The number of ether oxygens (including phenoxy) is 1. The van der Waals surface area contributed by atoms with Crippen LogP contribution < -0.4 is 0 Å². The third-order valence-electron chi connectivity index (χ3n) is 2.53. The SMILES string of the molecule is COC(=O)CCN(C)Cc1nnc(-c2ccco2)o1. The molecule has 0 spiro atoms. The molecule has 0 aliphatic rings. The van der Waals surface area contributed by atoms with E-state index in [1.807, 2.05) is 11.9 Å². The Hall–Kier alpha value is -2.15. The van der Waals surface area contributed by atoms with E-state index in [1.165, 1.54) is 7.11 Å². The van der Waals surface area contributed by atoms with Crippen LogP contribution in [0, 0.1) is 0 Å². The molecule has 0 saturated heterocycles. The number of hydrogen-bond acceptors (Lipinski definition) is 7. The first-order valence-corrected chi connectivity index (χ1v) is 5.80. The summed E-state index contributed by atoms with van der Waals surface area (Å²) in [5, 5.41) is 7.82. The van der Waals surface area contributed by atoms with Gasteiger partial charge in [-0.3, -0.25) is 9.69 Å². The van der Waals surface area contributed by atoms with Gasteiger partial charge in [0.25, 0.3) is 5.89 Å². The van der Waals surface area contributed by atoms with E-state index >= 15 is 0 Å². The van der Waals surface area contributed by atoms with Crippen LogP contribution in [0.4, 0.5) is 0 Å². The third-order valence-corrected chi connectivity index (χ3v) is 2.53. The molecule has 102 valence electrons. The maximum absolute atomic E-state index is 11.0. The van der Waals surface area contributed by atoms with Crippen LogP contribution in [-0.2, 0) is 16.1 Å². The largest absolute Gasteiger partial charge is 0.469 e. The fourth-order valence-electron chi connectivity index (χ4n) is 1.51. The number of furan rings is 1. The smallest absolute Gasteiger partial charge is 0.306 e. The van der Waals surface area contributed by atoms with Crippen LogP contribution in [0.2, 0.25) is 0 Å². The maximum Gasteiger partial charge on any atom is 0.306 e. The molecule has 7 heteroatoms.